The van der Waals surface area contributed by atoms with Crippen LogP contribution in [0.3, 0.4) is 0 Å². The SMILES string of the molecule is CCc1cnc2c(Sc3ccccc3)c(Sc3ccccc3)c(Sc3ccccc3)cc2c1Sc1ccccc1. The summed E-state index contributed by atoms with van der Waals surface area (Å²) in [5.41, 5.74) is 2.33. The van der Waals surface area contributed by atoms with Crippen LogP contribution in [0.2, 0.25) is 0 Å². The largest absolute Gasteiger partial charge is 0.255 e. The first-order valence-electron chi connectivity index (χ1n) is 13.2. The summed E-state index contributed by atoms with van der Waals surface area (Å²) < 4.78 is 0. The van der Waals surface area contributed by atoms with E-state index in [0.717, 1.165) is 11.9 Å². The van der Waals surface area contributed by atoms with Crippen LogP contribution in [-0.2, 0) is 6.42 Å². The van der Waals surface area contributed by atoms with Crippen molar-refractivity contribution in [2.24, 2.45) is 0 Å². The maximum atomic E-state index is 5.14. The van der Waals surface area contributed by atoms with Gasteiger partial charge in [0, 0.05) is 45.9 Å². The Hall–Kier alpha value is -3.09. The minimum absolute atomic E-state index is 0.931. The van der Waals surface area contributed by atoms with E-state index >= 15 is 0 Å². The molecular weight excluding hydrogens is 563 g/mol. The van der Waals surface area contributed by atoms with Gasteiger partial charge in [-0.05, 0) is 66.6 Å². The Kier molecular flexibility index (Phi) is 8.84. The van der Waals surface area contributed by atoms with Crippen molar-refractivity contribution in [3.05, 3.63) is 139 Å². The van der Waals surface area contributed by atoms with Gasteiger partial charge in [-0.2, -0.15) is 0 Å². The molecule has 1 aromatic heterocycles. The van der Waals surface area contributed by atoms with E-state index in [9.17, 15) is 0 Å². The van der Waals surface area contributed by atoms with E-state index in [-0.39, 0.29) is 0 Å². The highest BCUT2D eigenvalue weighted by Crippen LogP contribution is 2.50. The smallest absolute Gasteiger partial charge is 0.0865 e. The quantitative estimate of drug-likeness (QED) is 0.166. The van der Waals surface area contributed by atoms with Crippen molar-refractivity contribution in [3.63, 3.8) is 0 Å². The monoisotopic (exact) mass is 589 g/mol. The van der Waals surface area contributed by atoms with Gasteiger partial charge in [-0.15, -0.1) is 0 Å². The second kappa shape index (κ2) is 13.0. The minimum atomic E-state index is 0.931. The number of fused-ring (bicyclic) bond motifs is 1. The third kappa shape index (κ3) is 6.29. The lowest BCUT2D eigenvalue weighted by Gasteiger charge is -2.19. The fraction of sp³-hybridized carbons (Fsp3) is 0.0571. The summed E-state index contributed by atoms with van der Waals surface area (Å²) in [5.74, 6) is 0. The van der Waals surface area contributed by atoms with Crippen LogP contribution >= 0.6 is 47.0 Å². The molecule has 5 aromatic carbocycles. The second-order valence-electron chi connectivity index (χ2n) is 9.06. The van der Waals surface area contributed by atoms with Gasteiger partial charge in [0.25, 0.3) is 0 Å². The van der Waals surface area contributed by atoms with Crippen molar-refractivity contribution in [3.8, 4) is 0 Å². The van der Waals surface area contributed by atoms with Crippen LogP contribution in [0.5, 0.6) is 0 Å². The van der Waals surface area contributed by atoms with Gasteiger partial charge in [0.2, 0.25) is 0 Å². The van der Waals surface area contributed by atoms with E-state index in [4.69, 9.17) is 4.98 Å². The number of nitrogens with zero attached hydrogens (tertiary/aromatic N) is 1. The zero-order valence-corrected chi connectivity index (χ0v) is 25.3. The van der Waals surface area contributed by atoms with Crippen LogP contribution in [0.1, 0.15) is 12.5 Å². The van der Waals surface area contributed by atoms with Gasteiger partial charge in [0.1, 0.15) is 0 Å². The van der Waals surface area contributed by atoms with Gasteiger partial charge in [0.15, 0.2) is 0 Å². The number of rotatable bonds is 9. The summed E-state index contributed by atoms with van der Waals surface area (Å²) in [4.78, 5) is 15.0. The van der Waals surface area contributed by atoms with Crippen molar-refractivity contribution in [1.29, 1.82) is 0 Å². The van der Waals surface area contributed by atoms with Gasteiger partial charge in [-0.3, -0.25) is 4.98 Å². The Morgan fingerprint density at radius 1 is 0.500 bits per heavy atom. The molecule has 0 saturated heterocycles. The lowest BCUT2D eigenvalue weighted by atomic mass is 10.1. The molecule has 196 valence electrons. The van der Waals surface area contributed by atoms with Crippen molar-refractivity contribution in [1.82, 2.24) is 4.98 Å². The van der Waals surface area contributed by atoms with E-state index in [0.29, 0.717) is 0 Å². The Balaban J connectivity index is 1.62. The summed E-state index contributed by atoms with van der Waals surface area (Å²) in [6.07, 6.45) is 3.02. The van der Waals surface area contributed by atoms with Crippen molar-refractivity contribution in [2.45, 2.75) is 52.5 Å². The normalized spacial score (nSPS) is 11.1. The summed E-state index contributed by atoms with van der Waals surface area (Å²) >= 11 is 7.31. The molecule has 6 aromatic rings. The maximum absolute atomic E-state index is 5.14. The molecule has 0 fully saturated rings. The Bertz CT molecular complexity index is 1710. The van der Waals surface area contributed by atoms with Crippen LogP contribution in [0, 0.1) is 0 Å². The molecule has 0 spiro atoms. The third-order valence-corrected chi connectivity index (χ3v) is 11.1. The molecule has 0 bridgehead atoms. The van der Waals surface area contributed by atoms with E-state index in [1.165, 1.54) is 50.1 Å². The Morgan fingerprint density at radius 2 is 0.925 bits per heavy atom. The highest BCUT2D eigenvalue weighted by atomic mass is 32.2. The number of aryl methyl sites for hydroxylation is 1. The van der Waals surface area contributed by atoms with E-state index in [1.54, 1.807) is 0 Å². The summed E-state index contributed by atoms with van der Waals surface area (Å²) in [6, 6.07) is 45.1. The molecule has 0 N–H and O–H groups in total. The van der Waals surface area contributed by atoms with Gasteiger partial charge in [-0.25, -0.2) is 0 Å². The molecule has 1 heterocycles. The van der Waals surface area contributed by atoms with Crippen LogP contribution in [0.4, 0.5) is 0 Å². The number of hydrogen-bond acceptors (Lipinski definition) is 5. The van der Waals surface area contributed by atoms with Crippen LogP contribution < -0.4 is 0 Å². The van der Waals surface area contributed by atoms with E-state index in [2.05, 4.69) is 141 Å². The molecule has 0 unspecified atom stereocenters. The molecule has 5 heteroatoms. The first kappa shape index (κ1) is 27.1. The Labute approximate surface area is 253 Å². The van der Waals surface area contributed by atoms with E-state index < -0.39 is 0 Å². The fourth-order valence-electron chi connectivity index (χ4n) is 4.36. The van der Waals surface area contributed by atoms with Gasteiger partial charge < -0.3 is 0 Å². The van der Waals surface area contributed by atoms with Crippen LogP contribution in [0.25, 0.3) is 10.9 Å². The first-order valence-corrected chi connectivity index (χ1v) is 16.5. The van der Waals surface area contributed by atoms with E-state index in [1.807, 2.05) is 47.0 Å². The minimum Gasteiger partial charge on any atom is -0.255 e. The zero-order chi connectivity index (χ0) is 27.1. The molecule has 0 aliphatic rings. The van der Waals surface area contributed by atoms with Crippen LogP contribution in [0.15, 0.2) is 173 Å². The average molecular weight is 590 g/mol. The first-order chi connectivity index (χ1) is 19.8. The lowest BCUT2D eigenvalue weighted by molar-refractivity contribution is 1.05. The number of pyridine rings is 1. The molecule has 40 heavy (non-hydrogen) atoms. The van der Waals surface area contributed by atoms with Gasteiger partial charge in [0.05, 0.1) is 10.4 Å². The van der Waals surface area contributed by atoms with Gasteiger partial charge >= 0.3 is 0 Å². The highest BCUT2D eigenvalue weighted by Gasteiger charge is 2.21. The number of hydrogen-bond donors (Lipinski definition) is 0. The van der Waals surface area contributed by atoms with Crippen molar-refractivity contribution in [2.75, 3.05) is 0 Å². The second-order valence-corrected chi connectivity index (χ2v) is 13.4. The predicted octanol–water partition coefficient (Wildman–Crippen LogP) is 11.4. The third-order valence-electron chi connectivity index (χ3n) is 6.30. The van der Waals surface area contributed by atoms with Crippen molar-refractivity contribution >= 4 is 58.0 Å². The van der Waals surface area contributed by atoms with Gasteiger partial charge in [-0.1, -0.05) is 127 Å². The molecule has 6 rings (SSSR count). The molecule has 0 aliphatic heterocycles. The Morgan fingerprint density at radius 3 is 1.40 bits per heavy atom. The van der Waals surface area contributed by atoms with Crippen LogP contribution in [-0.4, -0.2) is 4.98 Å². The molecular formula is C35H27NS4. The summed E-state index contributed by atoms with van der Waals surface area (Å²) in [7, 11) is 0. The maximum Gasteiger partial charge on any atom is 0.0865 e. The molecule has 0 radical (unpaired) electrons. The molecule has 0 aliphatic carbocycles. The topological polar surface area (TPSA) is 12.9 Å². The number of benzene rings is 5. The summed E-state index contributed by atoms with van der Waals surface area (Å²) in [6.45, 7) is 2.22. The zero-order valence-electron chi connectivity index (χ0n) is 22.0. The summed E-state index contributed by atoms with van der Waals surface area (Å²) in [5, 5.41) is 1.21. The standard InChI is InChI=1S/C35H27NS4/c1-2-25-24-36-32-30(33(25)38-27-17-9-4-10-18-27)23-31(37-26-15-7-3-8-16-26)34(39-28-19-11-5-12-20-28)35(32)40-29-21-13-6-14-22-29/h3-24H,2H2,1H3. The highest BCUT2D eigenvalue weighted by molar-refractivity contribution is 8.04. The number of aromatic nitrogens is 1. The molecule has 1 nitrogen and oxygen atoms in total. The fourth-order valence-corrected chi connectivity index (χ4v) is 8.83. The molecule has 0 amide bonds. The lowest BCUT2D eigenvalue weighted by Crippen LogP contribution is -1.96. The molecule has 0 saturated carbocycles. The average Bonchev–Trinajstić information content (AvgIpc) is 3.01. The molecule has 0 atom stereocenters. The van der Waals surface area contributed by atoms with Crippen molar-refractivity contribution < 1.29 is 0 Å². The predicted molar refractivity (Wildman–Crippen MR) is 173 cm³/mol.